The molecule has 224 valence electrons. The number of fused-ring (bicyclic) bond motifs is 6. The Hall–Kier alpha value is -4.56. The van der Waals surface area contributed by atoms with E-state index in [1.54, 1.807) is 0 Å². The van der Waals surface area contributed by atoms with Crippen molar-refractivity contribution >= 4 is 17.1 Å². The van der Waals surface area contributed by atoms with Gasteiger partial charge in [0, 0.05) is 28.2 Å². The van der Waals surface area contributed by atoms with Gasteiger partial charge in [0.15, 0.2) is 0 Å². The molecule has 3 aliphatic rings. The van der Waals surface area contributed by atoms with Gasteiger partial charge in [-0.1, -0.05) is 131 Å². The van der Waals surface area contributed by atoms with Gasteiger partial charge in [0.2, 0.25) is 0 Å². The van der Waals surface area contributed by atoms with Crippen molar-refractivity contribution in [2.24, 2.45) is 9.98 Å². The third kappa shape index (κ3) is 4.88. The minimum Gasteiger partial charge on any atom is -0.285 e. The highest BCUT2D eigenvalue weighted by Crippen LogP contribution is 2.58. The molecule has 4 aromatic carbocycles. The van der Waals surface area contributed by atoms with E-state index >= 15 is 0 Å². The number of aliphatic imine (C=N–C) groups is 2. The van der Waals surface area contributed by atoms with Crippen molar-refractivity contribution in [2.75, 3.05) is 6.54 Å². The predicted molar refractivity (Wildman–Crippen MR) is 192 cm³/mol. The van der Waals surface area contributed by atoms with Crippen LogP contribution in [-0.2, 0) is 10.8 Å². The summed E-state index contributed by atoms with van der Waals surface area (Å²) in [6.45, 7) is 18.8. The summed E-state index contributed by atoms with van der Waals surface area (Å²) in [5.41, 5.74) is 17.5. The first-order valence-corrected chi connectivity index (χ1v) is 16.2. The number of rotatable bonds is 6. The summed E-state index contributed by atoms with van der Waals surface area (Å²) in [7, 11) is 0. The molecule has 2 heteroatoms. The van der Waals surface area contributed by atoms with Gasteiger partial charge < -0.3 is 0 Å². The Morgan fingerprint density at radius 3 is 2.09 bits per heavy atom. The summed E-state index contributed by atoms with van der Waals surface area (Å²) in [6, 6.07) is 32.7. The van der Waals surface area contributed by atoms with Gasteiger partial charge in [0.25, 0.3) is 0 Å². The monoisotopic (exact) mass is 586 g/mol. The minimum atomic E-state index is -0.0949. The highest BCUT2D eigenvalue weighted by molar-refractivity contribution is 6.03. The van der Waals surface area contributed by atoms with Crippen molar-refractivity contribution in [3.05, 3.63) is 160 Å². The van der Waals surface area contributed by atoms with Crippen LogP contribution in [0.4, 0.5) is 0 Å². The summed E-state index contributed by atoms with van der Waals surface area (Å²) < 4.78 is 0. The molecule has 0 saturated carbocycles. The van der Waals surface area contributed by atoms with Crippen LogP contribution in [0.25, 0.3) is 16.8 Å². The molecule has 1 unspecified atom stereocenters. The van der Waals surface area contributed by atoms with Crippen LogP contribution in [-0.4, -0.2) is 18.0 Å². The molecule has 0 fully saturated rings. The Labute approximate surface area is 268 Å². The zero-order valence-corrected chi connectivity index (χ0v) is 27.4. The van der Waals surface area contributed by atoms with E-state index in [-0.39, 0.29) is 10.8 Å². The maximum absolute atomic E-state index is 4.96. The summed E-state index contributed by atoms with van der Waals surface area (Å²) in [6.07, 6.45) is 5.92. The van der Waals surface area contributed by atoms with Crippen molar-refractivity contribution in [2.45, 2.75) is 64.7 Å². The molecule has 0 aromatic heterocycles. The van der Waals surface area contributed by atoms with E-state index < -0.39 is 0 Å². The summed E-state index contributed by atoms with van der Waals surface area (Å²) in [4.78, 5) is 9.87. The van der Waals surface area contributed by atoms with Crippen LogP contribution in [0.5, 0.6) is 0 Å². The van der Waals surface area contributed by atoms with Gasteiger partial charge in [-0.15, -0.1) is 0 Å². The van der Waals surface area contributed by atoms with Crippen LogP contribution in [0.1, 0.15) is 92.8 Å². The first-order chi connectivity index (χ1) is 21.6. The van der Waals surface area contributed by atoms with Gasteiger partial charge in [0.1, 0.15) is 0 Å². The number of hydrogen-bond donors (Lipinski definition) is 0. The lowest BCUT2D eigenvalue weighted by atomic mass is 9.77. The Bertz CT molecular complexity index is 1960. The van der Waals surface area contributed by atoms with Crippen molar-refractivity contribution in [3.8, 4) is 11.1 Å². The molecule has 2 nitrogen and oxygen atoms in total. The van der Waals surface area contributed by atoms with Crippen LogP contribution in [0, 0.1) is 0 Å². The van der Waals surface area contributed by atoms with Crippen LogP contribution in [0.3, 0.4) is 0 Å². The SMILES string of the molecule is C=C(N=C(C)c1ccc2c(c1)C(C)(C)c1cc3c(cc1-2)C(C)(C)C1=CC(CN=C(C)c2ccccc2)=CCC13)c1ccccc1. The standard InChI is InChI=1S/C43H42N2/c1-27(31-14-10-8-11-15-31)44-26-30-18-20-34-36-24-41-37(25-40(36)42(4,5)38(34)22-30)35-21-19-33(23-39(35)43(41,6)7)29(3)45-28(2)32-16-12-9-13-17-32/h8-19,21-25,34H,2,20,26H2,1,3-7H3. The molecule has 0 radical (unpaired) electrons. The van der Waals surface area contributed by atoms with Gasteiger partial charge in [-0.05, 0) is 88.0 Å². The van der Waals surface area contributed by atoms with Gasteiger partial charge in [-0.3, -0.25) is 9.98 Å². The molecule has 45 heavy (non-hydrogen) atoms. The molecule has 1 atom stereocenters. The fourth-order valence-corrected chi connectivity index (χ4v) is 7.73. The quantitative estimate of drug-likeness (QED) is 0.201. The molecule has 3 aliphatic carbocycles. The van der Waals surface area contributed by atoms with Crippen LogP contribution < -0.4 is 0 Å². The van der Waals surface area contributed by atoms with Gasteiger partial charge >= 0.3 is 0 Å². The topological polar surface area (TPSA) is 24.7 Å². The molecular weight excluding hydrogens is 544 g/mol. The molecule has 0 N–H and O–H groups in total. The molecule has 0 amide bonds. The van der Waals surface area contributed by atoms with Crippen molar-refractivity contribution in [3.63, 3.8) is 0 Å². The molecule has 7 rings (SSSR count). The Morgan fingerprint density at radius 1 is 0.711 bits per heavy atom. The van der Waals surface area contributed by atoms with Crippen LogP contribution >= 0.6 is 0 Å². The second-order valence-electron chi connectivity index (χ2n) is 13.9. The maximum atomic E-state index is 4.96. The number of allylic oxidation sites excluding steroid dienone is 2. The Morgan fingerprint density at radius 2 is 1.38 bits per heavy atom. The van der Waals surface area contributed by atoms with Gasteiger partial charge in [0.05, 0.1) is 12.2 Å². The minimum absolute atomic E-state index is 0.0272. The van der Waals surface area contributed by atoms with E-state index in [0.717, 1.165) is 41.2 Å². The zero-order valence-electron chi connectivity index (χ0n) is 27.4. The molecule has 0 bridgehead atoms. The van der Waals surface area contributed by atoms with E-state index in [4.69, 9.17) is 9.98 Å². The first-order valence-electron chi connectivity index (χ1n) is 16.2. The molecule has 0 aliphatic heterocycles. The normalized spacial score (nSPS) is 19.2. The summed E-state index contributed by atoms with van der Waals surface area (Å²) in [5, 5.41) is 0. The first kappa shape index (κ1) is 29.2. The average molecular weight is 587 g/mol. The second-order valence-corrected chi connectivity index (χ2v) is 13.9. The molecule has 0 spiro atoms. The predicted octanol–water partition coefficient (Wildman–Crippen LogP) is 10.6. The molecule has 0 saturated heterocycles. The largest absolute Gasteiger partial charge is 0.285 e. The van der Waals surface area contributed by atoms with Gasteiger partial charge in [-0.2, -0.15) is 0 Å². The zero-order chi connectivity index (χ0) is 31.5. The summed E-state index contributed by atoms with van der Waals surface area (Å²) >= 11 is 0. The second kappa shape index (κ2) is 10.8. The number of hydrogen-bond acceptors (Lipinski definition) is 2. The Balaban J connectivity index is 1.20. The van der Waals surface area contributed by atoms with E-state index in [2.05, 4.69) is 133 Å². The van der Waals surface area contributed by atoms with Crippen molar-refractivity contribution < 1.29 is 0 Å². The van der Waals surface area contributed by atoms with Gasteiger partial charge in [-0.25, -0.2) is 0 Å². The third-order valence-corrected chi connectivity index (χ3v) is 10.5. The lowest BCUT2D eigenvalue weighted by Crippen LogP contribution is -2.18. The van der Waals surface area contributed by atoms with E-state index in [0.29, 0.717) is 5.92 Å². The molecule has 0 heterocycles. The fourth-order valence-electron chi connectivity index (χ4n) is 7.73. The molecule has 4 aromatic rings. The lowest BCUT2D eigenvalue weighted by molar-refractivity contribution is 0.609. The van der Waals surface area contributed by atoms with E-state index in [1.165, 1.54) is 50.1 Å². The lowest BCUT2D eigenvalue weighted by Gasteiger charge is -2.27. The fraction of sp³-hybridized carbons (Fsp3) is 0.256. The van der Waals surface area contributed by atoms with Crippen LogP contribution in [0.2, 0.25) is 0 Å². The highest BCUT2D eigenvalue weighted by Gasteiger charge is 2.45. The van der Waals surface area contributed by atoms with E-state index in [1.807, 2.05) is 18.2 Å². The van der Waals surface area contributed by atoms with Crippen LogP contribution in [0.15, 0.2) is 131 Å². The molecular formula is C43H42N2. The third-order valence-electron chi connectivity index (χ3n) is 10.5. The maximum Gasteiger partial charge on any atom is 0.0640 e. The van der Waals surface area contributed by atoms with Crippen molar-refractivity contribution in [1.29, 1.82) is 0 Å². The Kier molecular flexibility index (Phi) is 7.00. The highest BCUT2D eigenvalue weighted by atomic mass is 14.8. The summed E-state index contributed by atoms with van der Waals surface area (Å²) in [5.74, 6) is 0.427. The van der Waals surface area contributed by atoms with E-state index in [9.17, 15) is 0 Å². The average Bonchev–Trinajstić information content (AvgIpc) is 3.42. The van der Waals surface area contributed by atoms with Crippen molar-refractivity contribution in [1.82, 2.24) is 0 Å². The number of benzene rings is 4. The number of nitrogens with zero attached hydrogens (tertiary/aromatic N) is 2. The smallest absolute Gasteiger partial charge is 0.0640 e.